The SMILES string of the molecule is CC(C)NCc1cncc(Cc2cccnc2)c1. The summed E-state index contributed by atoms with van der Waals surface area (Å²) in [4.78, 5) is 8.43. The fraction of sp³-hybridized carbons (Fsp3) is 0.333. The molecule has 1 N–H and O–H groups in total. The molecule has 0 aliphatic carbocycles. The zero-order valence-corrected chi connectivity index (χ0v) is 10.9. The molecule has 0 radical (unpaired) electrons. The number of hydrogen-bond donors (Lipinski definition) is 1. The molecule has 0 aliphatic heterocycles. The zero-order valence-electron chi connectivity index (χ0n) is 10.9. The lowest BCUT2D eigenvalue weighted by Crippen LogP contribution is -2.21. The van der Waals surface area contributed by atoms with Crippen LogP contribution in [-0.4, -0.2) is 16.0 Å². The van der Waals surface area contributed by atoms with Crippen molar-refractivity contribution in [3.8, 4) is 0 Å². The molecule has 0 saturated heterocycles. The maximum atomic E-state index is 4.30. The monoisotopic (exact) mass is 241 g/mol. The molecule has 0 aliphatic rings. The highest BCUT2D eigenvalue weighted by molar-refractivity contribution is 5.24. The van der Waals surface area contributed by atoms with Crippen LogP contribution in [0.2, 0.25) is 0 Å². The van der Waals surface area contributed by atoms with Gasteiger partial charge in [-0.3, -0.25) is 9.97 Å². The van der Waals surface area contributed by atoms with Gasteiger partial charge in [0.25, 0.3) is 0 Å². The highest BCUT2D eigenvalue weighted by Gasteiger charge is 2.00. The van der Waals surface area contributed by atoms with Gasteiger partial charge in [-0.05, 0) is 22.8 Å². The minimum absolute atomic E-state index is 0.493. The second-order valence-corrected chi connectivity index (χ2v) is 4.78. The lowest BCUT2D eigenvalue weighted by molar-refractivity contribution is 0.587. The summed E-state index contributed by atoms with van der Waals surface area (Å²) >= 11 is 0. The number of pyridine rings is 2. The van der Waals surface area contributed by atoms with Crippen LogP contribution in [0.15, 0.2) is 43.0 Å². The Kier molecular flexibility index (Phi) is 4.42. The molecule has 94 valence electrons. The van der Waals surface area contributed by atoms with Crippen LogP contribution in [-0.2, 0) is 13.0 Å². The summed E-state index contributed by atoms with van der Waals surface area (Å²) in [6.45, 7) is 5.16. The molecule has 0 aromatic carbocycles. The minimum atomic E-state index is 0.493. The molecule has 0 amide bonds. The molecule has 2 heterocycles. The molecule has 3 nitrogen and oxygen atoms in total. The Hall–Kier alpha value is -1.74. The summed E-state index contributed by atoms with van der Waals surface area (Å²) in [5.74, 6) is 0. The van der Waals surface area contributed by atoms with Crippen molar-refractivity contribution in [2.45, 2.75) is 32.9 Å². The Bertz CT molecular complexity index is 480. The molecule has 3 heteroatoms. The van der Waals surface area contributed by atoms with Crippen molar-refractivity contribution >= 4 is 0 Å². The van der Waals surface area contributed by atoms with E-state index in [1.54, 1.807) is 6.20 Å². The Balaban J connectivity index is 2.03. The molecule has 0 unspecified atom stereocenters. The Morgan fingerprint density at radius 3 is 2.56 bits per heavy atom. The predicted octanol–water partition coefficient (Wildman–Crippen LogP) is 2.57. The van der Waals surface area contributed by atoms with E-state index in [2.05, 4.69) is 41.3 Å². The first-order valence-corrected chi connectivity index (χ1v) is 6.29. The number of hydrogen-bond acceptors (Lipinski definition) is 3. The summed E-state index contributed by atoms with van der Waals surface area (Å²) in [6, 6.07) is 6.75. The third kappa shape index (κ3) is 3.93. The van der Waals surface area contributed by atoms with Gasteiger partial charge in [-0.1, -0.05) is 26.0 Å². The minimum Gasteiger partial charge on any atom is -0.310 e. The molecular weight excluding hydrogens is 222 g/mol. The predicted molar refractivity (Wildman–Crippen MR) is 73.3 cm³/mol. The van der Waals surface area contributed by atoms with Gasteiger partial charge in [0.2, 0.25) is 0 Å². The Morgan fingerprint density at radius 2 is 1.83 bits per heavy atom. The van der Waals surface area contributed by atoms with Crippen LogP contribution < -0.4 is 5.32 Å². The second kappa shape index (κ2) is 6.26. The summed E-state index contributed by atoms with van der Waals surface area (Å²) in [7, 11) is 0. The van der Waals surface area contributed by atoms with Crippen LogP contribution in [0.1, 0.15) is 30.5 Å². The molecule has 0 fully saturated rings. The van der Waals surface area contributed by atoms with E-state index in [0.717, 1.165) is 13.0 Å². The van der Waals surface area contributed by atoms with Gasteiger partial charge in [-0.15, -0.1) is 0 Å². The second-order valence-electron chi connectivity index (χ2n) is 4.78. The van der Waals surface area contributed by atoms with Crippen molar-refractivity contribution < 1.29 is 0 Å². The molecule has 0 atom stereocenters. The van der Waals surface area contributed by atoms with Crippen LogP contribution in [0, 0.1) is 0 Å². The van der Waals surface area contributed by atoms with Crippen molar-refractivity contribution in [2.24, 2.45) is 0 Å². The summed E-state index contributed by atoms with van der Waals surface area (Å²) in [5.41, 5.74) is 3.67. The van der Waals surface area contributed by atoms with Crippen LogP contribution >= 0.6 is 0 Å². The van der Waals surface area contributed by atoms with Crippen molar-refractivity contribution in [3.05, 3.63) is 59.7 Å². The van der Waals surface area contributed by atoms with Crippen LogP contribution in [0.25, 0.3) is 0 Å². The lowest BCUT2D eigenvalue weighted by Gasteiger charge is -2.09. The van der Waals surface area contributed by atoms with Gasteiger partial charge in [0.1, 0.15) is 0 Å². The fourth-order valence-electron chi connectivity index (χ4n) is 1.80. The Morgan fingerprint density at radius 1 is 1.06 bits per heavy atom. The molecule has 0 saturated carbocycles. The standard InChI is InChI=1S/C15H19N3/c1-12(2)18-11-15-7-14(9-17-10-15)6-13-4-3-5-16-8-13/h3-5,7-10,12,18H,6,11H2,1-2H3. The third-order valence-corrected chi connectivity index (χ3v) is 2.70. The van der Waals surface area contributed by atoms with Gasteiger partial charge in [0.15, 0.2) is 0 Å². The average Bonchev–Trinajstić information content (AvgIpc) is 2.38. The lowest BCUT2D eigenvalue weighted by atomic mass is 10.1. The maximum Gasteiger partial charge on any atom is 0.0313 e. The summed E-state index contributed by atoms with van der Waals surface area (Å²) < 4.78 is 0. The fourth-order valence-corrected chi connectivity index (χ4v) is 1.80. The quantitative estimate of drug-likeness (QED) is 0.874. The van der Waals surface area contributed by atoms with Crippen molar-refractivity contribution in [3.63, 3.8) is 0 Å². The van der Waals surface area contributed by atoms with Gasteiger partial charge in [0.05, 0.1) is 0 Å². The van der Waals surface area contributed by atoms with Crippen LogP contribution in [0.3, 0.4) is 0 Å². The first kappa shape index (κ1) is 12.7. The van der Waals surface area contributed by atoms with E-state index in [1.807, 2.05) is 24.7 Å². The molecule has 18 heavy (non-hydrogen) atoms. The molecule has 2 aromatic heterocycles. The van der Waals surface area contributed by atoms with Gasteiger partial charge < -0.3 is 5.32 Å². The van der Waals surface area contributed by atoms with Gasteiger partial charge in [-0.2, -0.15) is 0 Å². The van der Waals surface area contributed by atoms with E-state index in [-0.39, 0.29) is 0 Å². The summed E-state index contributed by atoms with van der Waals surface area (Å²) in [5, 5.41) is 3.40. The Labute approximate surface area is 108 Å². The topological polar surface area (TPSA) is 37.8 Å². The van der Waals surface area contributed by atoms with Gasteiger partial charge in [-0.25, -0.2) is 0 Å². The molecule has 2 aromatic rings. The van der Waals surface area contributed by atoms with Gasteiger partial charge in [0, 0.05) is 43.8 Å². The zero-order chi connectivity index (χ0) is 12.8. The maximum absolute atomic E-state index is 4.30. The van der Waals surface area contributed by atoms with E-state index in [9.17, 15) is 0 Å². The van der Waals surface area contributed by atoms with E-state index >= 15 is 0 Å². The van der Waals surface area contributed by atoms with E-state index < -0.39 is 0 Å². The number of aromatic nitrogens is 2. The molecule has 0 bridgehead atoms. The molecular formula is C15H19N3. The summed E-state index contributed by atoms with van der Waals surface area (Å²) in [6.07, 6.45) is 8.42. The van der Waals surface area contributed by atoms with Crippen molar-refractivity contribution in [1.29, 1.82) is 0 Å². The van der Waals surface area contributed by atoms with E-state index in [0.29, 0.717) is 6.04 Å². The molecule has 0 spiro atoms. The first-order chi connectivity index (χ1) is 8.74. The smallest absolute Gasteiger partial charge is 0.0313 e. The van der Waals surface area contributed by atoms with Gasteiger partial charge >= 0.3 is 0 Å². The number of nitrogens with one attached hydrogen (secondary N) is 1. The normalized spacial score (nSPS) is 10.8. The van der Waals surface area contributed by atoms with Crippen LogP contribution in [0.4, 0.5) is 0 Å². The van der Waals surface area contributed by atoms with Crippen LogP contribution in [0.5, 0.6) is 0 Å². The highest BCUT2D eigenvalue weighted by atomic mass is 14.9. The van der Waals surface area contributed by atoms with E-state index in [4.69, 9.17) is 0 Å². The molecule has 2 rings (SSSR count). The third-order valence-electron chi connectivity index (χ3n) is 2.70. The largest absolute Gasteiger partial charge is 0.310 e. The first-order valence-electron chi connectivity index (χ1n) is 6.29. The van der Waals surface area contributed by atoms with Crippen molar-refractivity contribution in [1.82, 2.24) is 15.3 Å². The number of rotatable bonds is 5. The highest BCUT2D eigenvalue weighted by Crippen LogP contribution is 2.09. The average molecular weight is 241 g/mol. The van der Waals surface area contributed by atoms with Crippen molar-refractivity contribution in [2.75, 3.05) is 0 Å². The van der Waals surface area contributed by atoms with E-state index in [1.165, 1.54) is 16.7 Å². The number of nitrogens with zero attached hydrogens (tertiary/aromatic N) is 2.